The third kappa shape index (κ3) is 7.65. The van der Waals surface area contributed by atoms with Gasteiger partial charge in [0.15, 0.2) is 0 Å². The van der Waals surface area contributed by atoms with E-state index in [1.807, 2.05) is 6.92 Å². The summed E-state index contributed by atoms with van der Waals surface area (Å²) in [6.07, 6.45) is 3.66. The fourth-order valence-corrected chi connectivity index (χ4v) is 2.31. The first kappa shape index (κ1) is 17.2. The van der Waals surface area contributed by atoms with Gasteiger partial charge in [-0.15, -0.1) is 0 Å². The van der Waals surface area contributed by atoms with Crippen LogP contribution in [0.4, 0.5) is 0 Å². The van der Waals surface area contributed by atoms with Gasteiger partial charge in [0.2, 0.25) is 0 Å². The predicted molar refractivity (Wildman–Crippen MR) is 85.6 cm³/mol. The lowest BCUT2D eigenvalue weighted by Crippen LogP contribution is -2.19. The van der Waals surface area contributed by atoms with E-state index in [9.17, 15) is 4.79 Å². The topological polar surface area (TPSA) is 29.5 Å². The zero-order valence-corrected chi connectivity index (χ0v) is 14.0. The third-order valence-electron chi connectivity index (χ3n) is 3.09. The number of halogens is 1. The molecule has 0 atom stereocenters. The number of hydrogen-bond donors (Lipinski definition) is 0. The van der Waals surface area contributed by atoms with Crippen LogP contribution in [-0.4, -0.2) is 31.1 Å². The van der Waals surface area contributed by atoms with Gasteiger partial charge in [-0.05, 0) is 51.1 Å². The van der Waals surface area contributed by atoms with Crippen molar-refractivity contribution in [3.63, 3.8) is 0 Å². The quantitative estimate of drug-likeness (QED) is 0.502. The van der Waals surface area contributed by atoms with Crippen molar-refractivity contribution in [2.24, 2.45) is 0 Å². The van der Waals surface area contributed by atoms with Crippen molar-refractivity contribution in [2.75, 3.05) is 20.2 Å². The van der Waals surface area contributed by atoms with E-state index in [0.717, 1.165) is 36.8 Å². The second-order valence-electron chi connectivity index (χ2n) is 4.98. The molecule has 4 heteroatoms. The number of ether oxygens (including phenoxy) is 1. The standard InChI is InChI=1S/C16H24BrNO2/c1-3-20-16(19)7-5-4-6-12-18(2)13-14-8-10-15(17)11-9-14/h8-11H,3-7,12-13H2,1-2H3. The zero-order chi connectivity index (χ0) is 14.8. The Bertz CT molecular complexity index is 392. The van der Waals surface area contributed by atoms with Crippen molar-refractivity contribution in [3.8, 4) is 0 Å². The van der Waals surface area contributed by atoms with Crippen molar-refractivity contribution in [1.29, 1.82) is 0 Å². The smallest absolute Gasteiger partial charge is 0.305 e. The van der Waals surface area contributed by atoms with Gasteiger partial charge in [0.25, 0.3) is 0 Å². The van der Waals surface area contributed by atoms with E-state index >= 15 is 0 Å². The first-order valence-corrected chi connectivity index (χ1v) is 7.99. The van der Waals surface area contributed by atoms with Crippen LogP contribution in [0.25, 0.3) is 0 Å². The Hall–Kier alpha value is -0.870. The molecular weight excluding hydrogens is 318 g/mol. The second-order valence-corrected chi connectivity index (χ2v) is 5.90. The number of carbonyl (C=O) groups is 1. The minimum Gasteiger partial charge on any atom is -0.466 e. The summed E-state index contributed by atoms with van der Waals surface area (Å²) in [5.41, 5.74) is 1.32. The van der Waals surface area contributed by atoms with Gasteiger partial charge in [-0.25, -0.2) is 0 Å². The number of unbranched alkanes of at least 4 members (excludes halogenated alkanes) is 2. The third-order valence-corrected chi connectivity index (χ3v) is 3.62. The van der Waals surface area contributed by atoms with Gasteiger partial charge in [-0.2, -0.15) is 0 Å². The zero-order valence-electron chi connectivity index (χ0n) is 12.4. The van der Waals surface area contributed by atoms with Crippen LogP contribution < -0.4 is 0 Å². The first-order valence-electron chi connectivity index (χ1n) is 7.20. The molecule has 0 aromatic heterocycles. The van der Waals surface area contributed by atoms with Crippen LogP contribution in [0.1, 0.15) is 38.2 Å². The van der Waals surface area contributed by atoms with E-state index in [-0.39, 0.29) is 5.97 Å². The maximum absolute atomic E-state index is 11.2. The highest BCUT2D eigenvalue weighted by molar-refractivity contribution is 9.10. The van der Waals surface area contributed by atoms with Crippen molar-refractivity contribution >= 4 is 21.9 Å². The SMILES string of the molecule is CCOC(=O)CCCCCN(C)Cc1ccc(Br)cc1. The van der Waals surface area contributed by atoms with Crippen LogP contribution in [0.5, 0.6) is 0 Å². The minimum absolute atomic E-state index is 0.0734. The highest BCUT2D eigenvalue weighted by Gasteiger charge is 2.03. The average Bonchev–Trinajstić information content (AvgIpc) is 2.41. The minimum atomic E-state index is -0.0734. The lowest BCUT2D eigenvalue weighted by molar-refractivity contribution is -0.143. The van der Waals surface area contributed by atoms with E-state index in [2.05, 4.69) is 52.1 Å². The van der Waals surface area contributed by atoms with E-state index in [1.165, 1.54) is 5.56 Å². The van der Waals surface area contributed by atoms with Crippen LogP contribution in [0.2, 0.25) is 0 Å². The lowest BCUT2D eigenvalue weighted by atomic mass is 10.1. The predicted octanol–water partition coefficient (Wildman–Crippen LogP) is 4.00. The monoisotopic (exact) mass is 341 g/mol. The Balaban J connectivity index is 2.09. The molecule has 0 unspecified atom stereocenters. The molecule has 0 aliphatic carbocycles. The van der Waals surface area contributed by atoms with E-state index in [1.54, 1.807) is 0 Å². The fourth-order valence-electron chi connectivity index (χ4n) is 2.04. The molecule has 112 valence electrons. The molecule has 0 fully saturated rings. The molecule has 1 aromatic carbocycles. The first-order chi connectivity index (χ1) is 9.61. The van der Waals surface area contributed by atoms with E-state index in [4.69, 9.17) is 4.74 Å². The summed E-state index contributed by atoms with van der Waals surface area (Å²) in [6, 6.07) is 8.42. The van der Waals surface area contributed by atoms with Gasteiger partial charge in [-0.3, -0.25) is 4.79 Å². The molecule has 0 radical (unpaired) electrons. The fraction of sp³-hybridized carbons (Fsp3) is 0.562. The summed E-state index contributed by atoms with van der Waals surface area (Å²) in [5, 5.41) is 0. The summed E-state index contributed by atoms with van der Waals surface area (Å²) in [7, 11) is 2.13. The van der Waals surface area contributed by atoms with Gasteiger partial charge in [0, 0.05) is 17.4 Å². The highest BCUT2D eigenvalue weighted by atomic mass is 79.9. The summed E-state index contributed by atoms with van der Waals surface area (Å²) >= 11 is 3.44. The number of nitrogens with zero attached hydrogens (tertiary/aromatic N) is 1. The maximum Gasteiger partial charge on any atom is 0.305 e. The largest absolute Gasteiger partial charge is 0.466 e. The number of hydrogen-bond acceptors (Lipinski definition) is 3. The van der Waals surface area contributed by atoms with Crippen LogP contribution in [0.3, 0.4) is 0 Å². The Kier molecular flexibility index (Phi) is 8.54. The summed E-state index contributed by atoms with van der Waals surface area (Å²) in [4.78, 5) is 13.5. The van der Waals surface area contributed by atoms with Crippen molar-refractivity contribution < 1.29 is 9.53 Å². The maximum atomic E-state index is 11.2. The molecule has 0 N–H and O–H groups in total. The number of rotatable bonds is 9. The van der Waals surface area contributed by atoms with E-state index < -0.39 is 0 Å². The van der Waals surface area contributed by atoms with Gasteiger partial charge in [0.1, 0.15) is 0 Å². The van der Waals surface area contributed by atoms with Crippen LogP contribution in [0.15, 0.2) is 28.7 Å². The molecule has 3 nitrogen and oxygen atoms in total. The molecule has 0 heterocycles. The molecule has 0 saturated carbocycles. The Morgan fingerprint density at radius 3 is 2.55 bits per heavy atom. The van der Waals surface area contributed by atoms with Gasteiger partial charge in [0.05, 0.1) is 6.61 Å². The van der Waals surface area contributed by atoms with Crippen molar-refractivity contribution in [1.82, 2.24) is 4.90 Å². The Morgan fingerprint density at radius 2 is 1.90 bits per heavy atom. The molecule has 0 spiro atoms. The van der Waals surface area contributed by atoms with Crippen molar-refractivity contribution in [2.45, 2.75) is 39.2 Å². The molecular formula is C16H24BrNO2. The summed E-state index contributed by atoms with van der Waals surface area (Å²) in [5.74, 6) is -0.0734. The Morgan fingerprint density at radius 1 is 1.20 bits per heavy atom. The summed E-state index contributed by atoms with van der Waals surface area (Å²) in [6.45, 7) is 4.34. The van der Waals surface area contributed by atoms with Gasteiger partial charge in [-0.1, -0.05) is 34.5 Å². The molecule has 0 bridgehead atoms. The van der Waals surface area contributed by atoms with Gasteiger partial charge >= 0.3 is 5.97 Å². The Labute approximate surface area is 130 Å². The highest BCUT2D eigenvalue weighted by Crippen LogP contribution is 2.12. The molecule has 1 rings (SSSR count). The number of esters is 1. The normalized spacial score (nSPS) is 10.8. The number of carbonyl (C=O) groups excluding carboxylic acids is 1. The lowest BCUT2D eigenvalue weighted by Gasteiger charge is -2.16. The average molecular weight is 342 g/mol. The van der Waals surface area contributed by atoms with Crippen molar-refractivity contribution in [3.05, 3.63) is 34.3 Å². The molecule has 0 saturated heterocycles. The molecule has 0 aliphatic rings. The molecule has 1 aromatic rings. The second kappa shape index (κ2) is 9.94. The van der Waals surface area contributed by atoms with E-state index in [0.29, 0.717) is 13.0 Å². The van der Waals surface area contributed by atoms with Crippen LogP contribution in [-0.2, 0) is 16.1 Å². The van der Waals surface area contributed by atoms with Crippen LogP contribution in [0, 0.1) is 0 Å². The molecule has 0 aliphatic heterocycles. The number of benzene rings is 1. The van der Waals surface area contributed by atoms with Crippen LogP contribution >= 0.6 is 15.9 Å². The molecule has 20 heavy (non-hydrogen) atoms. The van der Waals surface area contributed by atoms with Gasteiger partial charge < -0.3 is 9.64 Å². The molecule has 0 amide bonds. The summed E-state index contributed by atoms with van der Waals surface area (Å²) < 4.78 is 6.02.